The zero-order valence-electron chi connectivity index (χ0n) is 23.3. The van der Waals surface area contributed by atoms with Crippen LogP contribution in [-0.4, -0.2) is 64.0 Å². The van der Waals surface area contributed by atoms with Crippen molar-refractivity contribution in [2.45, 2.75) is 46.3 Å². The van der Waals surface area contributed by atoms with Crippen molar-refractivity contribution in [2.24, 2.45) is 0 Å². The predicted molar refractivity (Wildman–Crippen MR) is 153 cm³/mol. The maximum atomic E-state index is 12.7. The normalized spacial score (nSPS) is 14.8. The Hall–Kier alpha value is -3.91. The van der Waals surface area contributed by atoms with Gasteiger partial charge in [-0.05, 0) is 70.0 Å². The van der Waals surface area contributed by atoms with E-state index in [0.717, 1.165) is 72.7 Å². The van der Waals surface area contributed by atoms with Crippen molar-refractivity contribution in [2.75, 3.05) is 37.7 Å². The van der Waals surface area contributed by atoms with Gasteiger partial charge in [0, 0.05) is 50.5 Å². The Morgan fingerprint density at radius 3 is 2.64 bits per heavy atom. The highest BCUT2D eigenvalue weighted by molar-refractivity contribution is 5.96. The maximum absolute atomic E-state index is 12.7. The SMILES string of the molecule is CCOC(=O)C(C)(C)Oc1c(C)cc2cccnc2c1N1CCCN(Cc2ccn(-c3ccccc3)n2)CC1. The molecule has 39 heavy (non-hydrogen) atoms. The lowest BCUT2D eigenvalue weighted by Crippen LogP contribution is -2.40. The number of benzene rings is 2. The summed E-state index contributed by atoms with van der Waals surface area (Å²) in [6.07, 6.45) is 4.82. The van der Waals surface area contributed by atoms with Gasteiger partial charge in [-0.1, -0.05) is 24.3 Å². The third-order valence-corrected chi connectivity index (χ3v) is 7.09. The van der Waals surface area contributed by atoms with Crippen LogP contribution in [0.3, 0.4) is 0 Å². The van der Waals surface area contributed by atoms with E-state index in [2.05, 4.69) is 40.1 Å². The number of nitrogens with zero attached hydrogens (tertiary/aromatic N) is 5. The number of esters is 1. The Kier molecular flexibility index (Phi) is 7.84. The van der Waals surface area contributed by atoms with Crippen molar-refractivity contribution in [3.8, 4) is 11.4 Å². The number of aryl methyl sites for hydroxylation is 1. The predicted octanol–water partition coefficient (Wildman–Crippen LogP) is 5.16. The molecule has 1 aliphatic rings. The lowest BCUT2D eigenvalue weighted by molar-refractivity contribution is -0.158. The number of pyridine rings is 1. The van der Waals surface area contributed by atoms with E-state index in [1.54, 1.807) is 20.8 Å². The Morgan fingerprint density at radius 2 is 1.85 bits per heavy atom. The minimum atomic E-state index is -1.13. The first-order valence-electron chi connectivity index (χ1n) is 13.7. The number of anilines is 1. The van der Waals surface area contributed by atoms with Crippen LogP contribution < -0.4 is 9.64 Å². The summed E-state index contributed by atoms with van der Waals surface area (Å²) in [6, 6.07) is 18.4. The average molecular weight is 528 g/mol. The monoisotopic (exact) mass is 527 g/mol. The van der Waals surface area contributed by atoms with E-state index < -0.39 is 5.60 Å². The Labute approximate surface area is 230 Å². The second-order valence-corrected chi connectivity index (χ2v) is 10.5. The minimum Gasteiger partial charge on any atom is -0.474 e. The molecule has 0 amide bonds. The second-order valence-electron chi connectivity index (χ2n) is 10.5. The van der Waals surface area contributed by atoms with Gasteiger partial charge in [0.2, 0.25) is 0 Å². The summed E-state index contributed by atoms with van der Waals surface area (Å²) in [5, 5.41) is 5.86. The molecule has 2 aromatic heterocycles. The van der Waals surface area contributed by atoms with Crippen LogP contribution in [0.2, 0.25) is 0 Å². The molecule has 5 rings (SSSR count). The van der Waals surface area contributed by atoms with Crippen LogP contribution in [0.4, 0.5) is 5.69 Å². The molecular formula is C31H37N5O3. The molecule has 0 atom stereocenters. The summed E-state index contributed by atoms with van der Waals surface area (Å²) < 4.78 is 13.7. The molecule has 1 fully saturated rings. The molecule has 0 radical (unpaired) electrons. The quantitative estimate of drug-likeness (QED) is 0.293. The highest BCUT2D eigenvalue weighted by Crippen LogP contribution is 2.41. The number of hydrogen-bond acceptors (Lipinski definition) is 7. The Balaban J connectivity index is 1.39. The standard InChI is InChI=1S/C31H37N5O3/c1-5-38-30(37)31(3,4)39-29-23(2)21-24-11-9-15-32-27(24)28(29)35-17-10-16-34(19-20-35)22-25-14-18-36(33-25)26-12-7-6-8-13-26/h6-9,11-15,18,21H,5,10,16-17,19-20,22H2,1-4H3. The third-order valence-electron chi connectivity index (χ3n) is 7.09. The summed E-state index contributed by atoms with van der Waals surface area (Å²) in [5.74, 6) is 0.308. The Bertz CT molecular complexity index is 1430. The minimum absolute atomic E-state index is 0.308. The molecule has 8 heteroatoms. The summed E-state index contributed by atoms with van der Waals surface area (Å²) in [4.78, 5) is 22.3. The molecule has 0 aliphatic carbocycles. The average Bonchev–Trinajstić information content (AvgIpc) is 3.28. The molecule has 3 heterocycles. The number of hydrogen-bond donors (Lipinski definition) is 0. The van der Waals surface area contributed by atoms with Crippen LogP contribution >= 0.6 is 0 Å². The van der Waals surface area contributed by atoms with Crippen LogP contribution in [0.15, 0.2) is 67.0 Å². The molecule has 1 saturated heterocycles. The van der Waals surface area contributed by atoms with Gasteiger partial charge < -0.3 is 14.4 Å². The molecule has 0 N–H and O–H groups in total. The van der Waals surface area contributed by atoms with Gasteiger partial charge in [0.1, 0.15) is 11.4 Å². The first-order chi connectivity index (χ1) is 18.9. The van der Waals surface area contributed by atoms with Gasteiger partial charge in [0.05, 0.1) is 23.5 Å². The largest absolute Gasteiger partial charge is 0.474 e. The van der Waals surface area contributed by atoms with E-state index in [9.17, 15) is 4.79 Å². The van der Waals surface area contributed by atoms with Crippen molar-refractivity contribution in [1.82, 2.24) is 19.7 Å². The van der Waals surface area contributed by atoms with Crippen molar-refractivity contribution in [3.05, 3.63) is 78.2 Å². The van der Waals surface area contributed by atoms with Crippen LogP contribution in [0.25, 0.3) is 16.6 Å². The van der Waals surface area contributed by atoms with E-state index in [4.69, 9.17) is 19.6 Å². The van der Waals surface area contributed by atoms with Crippen molar-refractivity contribution in [1.29, 1.82) is 0 Å². The molecule has 0 saturated carbocycles. The van der Waals surface area contributed by atoms with E-state index in [0.29, 0.717) is 12.4 Å². The topological polar surface area (TPSA) is 72.7 Å². The fraction of sp³-hybridized carbons (Fsp3) is 0.387. The van der Waals surface area contributed by atoms with E-state index in [1.165, 1.54) is 0 Å². The molecule has 2 aromatic carbocycles. The van der Waals surface area contributed by atoms with Crippen LogP contribution in [0.1, 0.15) is 38.4 Å². The van der Waals surface area contributed by atoms with Crippen LogP contribution in [-0.2, 0) is 16.1 Å². The van der Waals surface area contributed by atoms with Gasteiger partial charge in [0.25, 0.3) is 0 Å². The van der Waals surface area contributed by atoms with E-state index in [-0.39, 0.29) is 5.97 Å². The number of carbonyl (C=O) groups excluding carboxylic acids is 1. The van der Waals surface area contributed by atoms with Gasteiger partial charge in [-0.2, -0.15) is 5.10 Å². The number of fused-ring (bicyclic) bond motifs is 1. The number of rotatable bonds is 8. The smallest absolute Gasteiger partial charge is 0.349 e. The van der Waals surface area contributed by atoms with Crippen LogP contribution in [0.5, 0.6) is 5.75 Å². The molecule has 0 unspecified atom stereocenters. The molecule has 1 aliphatic heterocycles. The zero-order chi connectivity index (χ0) is 27.4. The third kappa shape index (κ3) is 5.91. The lowest BCUT2D eigenvalue weighted by atomic mass is 10.1. The molecule has 8 nitrogen and oxygen atoms in total. The second kappa shape index (κ2) is 11.5. The van der Waals surface area contributed by atoms with Gasteiger partial charge in [-0.25, -0.2) is 9.48 Å². The van der Waals surface area contributed by atoms with Crippen molar-refractivity contribution in [3.63, 3.8) is 0 Å². The maximum Gasteiger partial charge on any atom is 0.349 e. The van der Waals surface area contributed by atoms with Crippen LogP contribution in [0, 0.1) is 6.92 Å². The summed E-state index contributed by atoms with van der Waals surface area (Å²) >= 11 is 0. The summed E-state index contributed by atoms with van der Waals surface area (Å²) in [7, 11) is 0. The molecule has 0 spiro atoms. The highest BCUT2D eigenvalue weighted by Gasteiger charge is 2.34. The Morgan fingerprint density at radius 1 is 1.03 bits per heavy atom. The van der Waals surface area contributed by atoms with E-state index in [1.807, 2.05) is 48.3 Å². The van der Waals surface area contributed by atoms with Crippen molar-refractivity contribution >= 4 is 22.6 Å². The number of para-hydroxylation sites is 1. The molecule has 204 valence electrons. The molecular weight excluding hydrogens is 490 g/mol. The highest BCUT2D eigenvalue weighted by atomic mass is 16.6. The molecule has 0 bridgehead atoms. The van der Waals surface area contributed by atoms with Gasteiger partial charge in [-0.15, -0.1) is 0 Å². The first-order valence-corrected chi connectivity index (χ1v) is 13.7. The van der Waals surface area contributed by atoms with Gasteiger partial charge in [0.15, 0.2) is 5.60 Å². The fourth-order valence-corrected chi connectivity index (χ4v) is 5.10. The lowest BCUT2D eigenvalue weighted by Gasteiger charge is -2.31. The number of ether oxygens (including phenoxy) is 2. The van der Waals surface area contributed by atoms with Crippen molar-refractivity contribution < 1.29 is 14.3 Å². The number of carbonyl (C=O) groups is 1. The zero-order valence-corrected chi connectivity index (χ0v) is 23.3. The number of aromatic nitrogens is 3. The summed E-state index contributed by atoms with van der Waals surface area (Å²) in [6.45, 7) is 12.0. The van der Waals surface area contributed by atoms with Gasteiger partial charge in [-0.3, -0.25) is 9.88 Å². The molecule has 4 aromatic rings. The van der Waals surface area contributed by atoms with Gasteiger partial charge >= 0.3 is 5.97 Å². The summed E-state index contributed by atoms with van der Waals surface area (Å²) in [5.41, 5.74) is 3.77. The first kappa shape index (κ1) is 26.7. The fourth-order valence-electron chi connectivity index (χ4n) is 5.10. The van der Waals surface area contributed by atoms with E-state index >= 15 is 0 Å².